The molecule has 154 valence electrons. The predicted molar refractivity (Wildman–Crippen MR) is 116 cm³/mol. The van der Waals surface area contributed by atoms with Gasteiger partial charge in [0.05, 0.1) is 12.1 Å². The summed E-state index contributed by atoms with van der Waals surface area (Å²) in [7, 11) is 4.01. The predicted octanol–water partition coefficient (Wildman–Crippen LogP) is 3.32. The lowest BCUT2D eigenvalue weighted by molar-refractivity contribution is -0.126. The smallest absolute Gasteiger partial charge is 0.183 e. The number of carbonyl (C=O) groups is 1. The Labute approximate surface area is 170 Å². The molecule has 0 radical (unpaired) electrons. The van der Waals surface area contributed by atoms with Gasteiger partial charge >= 0.3 is 0 Å². The van der Waals surface area contributed by atoms with Gasteiger partial charge in [-0.3, -0.25) is 14.6 Å². The monoisotopic (exact) mass is 384 g/mol. The van der Waals surface area contributed by atoms with Gasteiger partial charge in [0.1, 0.15) is 0 Å². The number of nitrogens with zero attached hydrogens (tertiary/aromatic N) is 2. The van der Waals surface area contributed by atoms with E-state index in [0.29, 0.717) is 13.0 Å². The number of hydrogen-bond acceptors (Lipinski definition) is 4. The zero-order valence-corrected chi connectivity index (χ0v) is 18.1. The largest absolute Gasteiger partial charge is 0.395 e. The maximum atomic E-state index is 13.7. The molecule has 0 fully saturated rings. The molecule has 0 aliphatic heterocycles. The van der Waals surface area contributed by atoms with Crippen LogP contribution in [0.1, 0.15) is 32.8 Å². The normalized spacial score (nSPS) is 21.6. The molecule has 0 amide bonds. The summed E-state index contributed by atoms with van der Waals surface area (Å²) >= 11 is 0. The maximum Gasteiger partial charge on any atom is 0.183 e. The van der Waals surface area contributed by atoms with Gasteiger partial charge in [-0.2, -0.15) is 0 Å². The molecule has 1 aliphatic rings. The van der Waals surface area contributed by atoms with E-state index in [0.717, 1.165) is 18.5 Å². The number of Topliss-reactive ketones (excluding diaryl/α,β-unsaturated/α-hetero) is 1. The van der Waals surface area contributed by atoms with Gasteiger partial charge in [-0.05, 0) is 45.0 Å². The fourth-order valence-electron chi connectivity index (χ4n) is 4.31. The van der Waals surface area contributed by atoms with E-state index in [2.05, 4.69) is 54.9 Å². The molecule has 4 nitrogen and oxygen atoms in total. The number of ketones is 1. The van der Waals surface area contributed by atoms with Crippen molar-refractivity contribution in [1.82, 2.24) is 9.80 Å². The number of aliphatic hydroxyl groups is 1. The summed E-state index contributed by atoms with van der Waals surface area (Å²) in [5.41, 5.74) is 1.42. The molecule has 0 spiro atoms. The Morgan fingerprint density at radius 3 is 2.36 bits per heavy atom. The molecule has 3 atom stereocenters. The first kappa shape index (κ1) is 22.5. The van der Waals surface area contributed by atoms with Crippen molar-refractivity contribution in [2.75, 3.05) is 33.8 Å². The third-order valence-corrected chi connectivity index (χ3v) is 6.13. The fourth-order valence-corrected chi connectivity index (χ4v) is 4.31. The van der Waals surface area contributed by atoms with Crippen LogP contribution in [0.3, 0.4) is 0 Å². The van der Waals surface area contributed by atoms with Crippen LogP contribution in [-0.2, 0) is 11.2 Å². The molecule has 4 heteroatoms. The summed E-state index contributed by atoms with van der Waals surface area (Å²) in [5.74, 6) is 0.416. The zero-order chi connectivity index (χ0) is 20.7. The summed E-state index contributed by atoms with van der Waals surface area (Å²) in [6.45, 7) is 8.03. The van der Waals surface area contributed by atoms with Crippen LogP contribution in [0, 0.1) is 5.92 Å². The Morgan fingerprint density at radius 1 is 1.18 bits per heavy atom. The van der Waals surface area contributed by atoms with Crippen molar-refractivity contribution in [1.29, 1.82) is 0 Å². The van der Waals surface area contributed by atoms with E-state index >= 15 is 0 Å². The SMILES string of the molecule is CCN(CCO)C1C=CC(C(=O)C(CC)(Cc2ccccc2)N(C)C)=CC1C. The lowest BCUT2D eigenvalue weighted by Crippen LogP contribution is -2.53. The van der Waals surface area contributed by atoms with E-state index in [-0.39, 0.29) is 24.3 Å². The van der Waals surface area contributed by atoms with Crippen molar-refractivity contribution >= 4 is 5.78 Å². The minimum Gasteiger partial charge on any atom is -0.395 e. The topological polar surface area (TPSA) is 43.8 Å². The minimum absolute atomic E-state index is 0.150. The number of benzene rings is 1. The minimum atomic E-state index is -0.556. The van der Waals surface area contributed by atoms with Crippen LogP contribution in [0.4, 0.5) is 0 Å². The third-order valence-electron chi connectivity index (χ3n) is 6.13. The molecule has 1 aromatic rings. The molecule has 1 aromatic carbocycles. The molecule has 2 rings (SSSR count). The Balaban J connectivity index is 2.29. The molecule has 1 aliphatic carbocycles. The highest BCUT2D eigenvalue weighted by atomic mass is 16.3. The average molecular weight is 385 g/mol. The van der Waals surface area contributed by atoms with E-state index in [4.69, 9.17) is 0 Å². The number of carbonyl (C=O) groups excluding carboxylic acids is 1. The van der Waals surface area contributed by atoms with Crippen molar-refractivity contribution in [3.8, 4) is 0 Å². The summed E-state index contributed by atoms with van der Waals surface area (Å²) < 4.78 is 0. The van der Waals surface area contributed by atoms with Gasteiger partial charge in [0.25, 0.3) is 0 Å². The first-order chi connectivity index (χ1) is 13.4. The van der Waals surface area contributed by atoms with Crippen LogP contribution in [0.5, 0.6) is 0 Å². The summed E-state index contributed by atoms with van der Waals surface area (Å²) in [6, 6.07) is 10.5. The van der Waals surface area contributed by atoms with Crippen LogP contribution in [0.2, 0.25) is 0 Å². The molecule has 0 saturated heterocycles. The van der Waals surface area contributed by atoms with Gasteiger partial charge in [0.2, 0.25) is 0 Å². The van der Waals surface area contributed by atoms with Crippen LogP contribution in [0.15, 0.2) is 54.1 Å². The number of likely N-dealkylation sites (N-methyl/N-ethyl adjacent to an activating group) is 2. The van der Waals surface area contributed by atoms with Crippen molar-refractivity contribution in [3.63, 3.8) is 0 Å². The van der Waals surface area contributed by atoms with E-state index < -0.39 is 5.54 Å². The molecular weight excluding hydrogens is 348 g/mol. The second-order valence-corrected chi connectivity index (χ2v) is 7.95. The summed E-state index contributed by atoms with van der Waals surface area (Å²) in [4.78, 5) is 18.0. The van der Waals surface area contributed by atoms with Crippen LogP contribution < -0.4 is 0 Å². The summed E-state index contributed by atoms with van der Waals surface area (Å²) in [6.07, 6.45) is 7.70. The second-order valence-electron chi connectivity index (χ2n) is 7.95. The van der Waals surface area contributed by atoms with Gasteiger partial charge in [0.15, 0.2) is 5.78 Å². The van der Waals surface area contributed by atoms with Gasteiger partial charge in [0, 0.05) is 18.2 Å². The standard InChI is InChI=1S/C24H36N2O2/c1-6-24(25(4)5,18-20-11-9-8-10-12-20)23(28)21-13-14-22(19(3)17-21)26(7-2)15-16-27/h8-14,17,19,22,27H,6-7,15-16,18H2,1-5H3. The molecule has 28 heavy (non-hydrogen) atoms. The van der Waals surface area contributed by atoms with Crippen molar-refractivity contribution in [3.05, 3.63) is 59.7 Å². The van der Waals surface area contributed by atoms with E-state index in [1.807, 2.05) is 38.4 Å². The summed E-state index contributed by atoms with van der Waals surface area (Å²) in [5, 5.41) is 9.32. The highest BCUT2D eigenvalue weighted by Gasteiger charge is 2.40. The number of aliphatic hydroxyl groups excluding tert-OH is 1. The van der Waals surface area contributed by atoms with E-state index in [9.17, 15) is 9.90 Å². The van der Waals surface area contributed by atoms with E-state index in [1.54, 1.807) is 0 Å². The fraction of sp³-hybridized carbons (Fsp3) is 0.542. The first-order valence-corrected chi connectivity index (χ1v) is 10.4. The average Bonchev–Trinajstić information content (AvgIpc) is 2.70. The maximum absolute atomic E-state index is 13.7. The molecule has 0 saturated carbocycles. The van der Waals surface area contributed by atoms with Crippen LogP contribution in [-0.4, -0.2) is 66.1 Å². The lowest BCUT2D eigenvalue weighted by Gasteiger charge is -2.40. The van der Waals surface area contributed by atoms with Gasteiger partial charge in [-0.15, -0.1) is 0 Å². The van der Waals surface area contributed by atoms with Crippen LogP contribution in [0.25, 0.3) is 0 Å². The van der Waals surface area contributed by atoms with Crippen molar-refractivity contribution in [2.45, 2.75) is 45.2 Å². The molecule has 1 N–H and O–H groups in total. The third kappa shape index (κ3) is 4.80. The zero-order valence-electron chi connectivity index (χ0n) is 18.1. The highest BCUT2D eigenvalue weighted by Crippen LogP contribution is 2.31. The van der Waals surface area contributed by atoms with Crippen molar-refractivity contribution in [2.24, 2.45) is 5.92 Å². The lowest BCUT2D eigenvalue weighted by atomic mass is 9.77. The van der Waals surface area contributed by atoms with E-state index in [1.165, 1.54) is 5.56 Å². The first-order valence-electron chi connectivity index (χ1n) is 10.4. The molecular formula is C24H36N2O2. The molecule has 0 aromatic heterocycles. The highest BCUT2D eigenvalue weighted by molar-refractivity contribution is 6.05. The van der Waals surface area contributed by atoms with Crippen molar-refractivity contribution < 1.29 is 9.90 Å². The van der Waals surface area contributed by atoms with Crippen LogP contribution >= 0.6 is 0 Å². The number of hydrogen-bond donors (Lipinski definition) is 1. The Hall–Kier alpha value is -1.75. The van der Waals surface area contributed by atoms with Gasteiger partial charge in [-0.1, -0.05) is 69.3 Å². The number of rotatable bonds is 10. The Bertz CT molecular complexity index is 696. The Kier molecular flexibility index (Phi) is 8.17. The molecule has 0 heterocycles. The Morgan fingerprint density at radius 2 is 1.86 bits per heavy atom. The second kappa shape index (κ2) is 10.1. The molecule has 3 unspecified atom stereocenters. The quantitative estimate of drug-likeness (QED) is 0.672. The molecule has 0 bridgehead atoms. The van der Waals surface area contributed by atoms with Gasteiger partial charge < -0.3 is 5.11 Å². The number of allylic oxidation sites excluding steroid dienone is 1. The van der Waals surface area contributed by atoms with Gasteiger partial charge in [-0.25, -0.2) is 0 Å².